The molecule has 14 heteroatoms. The minimum absolute atomic E-state index is 0.0320. The molecule has 2 heterocycles. The van der Waals surface area contributed by atoms with E-state index in [2.05, 4.69) is 15.5 Å². The first-order valence-corrected chi connectivity index (χ1v) is 9.01. The predicted molar refractivity (Wildman–Crippen MR) is 97.7 cm³/mol. The van der Waals surface area contributed by atoms with E-state index in [9.17, 15) is 19.2 Å². The zero-order chi connectivity index (χ0) is 21.9. The molecule has 1 aromatic rings. The van der Waals surface area contributed by atoms with Crippen LogP contribution >= 0.6 is 11.3 Å². The second kappa shape index (κ2) is 8.40. The summed E-state index contributed by atoms with van der Waals surface area (Å²) in [4.78, 5) is 60.2. The third kappa shape index (κ3) is 4.97. The number of oxime groups is 1. The summed E-state index contributed by atoms with van der Waals surface area (Å²) in [7, 11) is 0. The largest absolute Gasteiger partial charge is 0.479 e. The van der Waals surface area contributed by atoms with Gasteiger partial charge in [-0.15, -0.1) is 11.3 Å². The molecule has 0 spiro atoms. The first-order valence-electron chi connectivity index (χ1n) is 8.13. The Morgan fingerprint density at radius 2 is 2.07 bits per heavy atom. The highest BCUT2D eigenvalue weighted by atomic mass is 32.1. The van der Waals surface area contributed by atoms with Gasteiger partial charge in [0.05, 0.1) is 6.04 Å². The van der Waals surface area contributed by atoms with Crippen molar-refractivity contribution in [1.29, 1.82) is 0 Å². The van der Waals surface area contributed by atoms with Crippen molar-refractivity contribution in [3.05, 3.63) is 11.1 Å². The number of carbonyl (C=O) groups excluding carboxylic acids is 2. The first kappa shape index (κ1) is 22.0. The number of nitrogens with zero attached hydrogens (tertiary/aromatic N) is 3. The molecule has 2 atom stereocenters. The van der Waals surface area contributed by atoms with Gasteiger partial charge in [0.25, 0.3) is 11.8 Å². The van der Waals surface area contributed by atoms with Gasteiger partial charge >= 0.3 is 11.9 Å². The smallest absolute Gasteiger partial charge is 0.350 e. The van der Waals surface area contributed by atoms with Crippen LogP contribution in [-0.2, 0) is 28.9 Å². The summed E-state index contributed by atoms with van der Waals surface area (Å²) in [5, 5.41) is 26.1. The highest BCUT2D eigenvalue weighted by molar-refractivity contribution is 7.13. The van der Waals surface area contributed by atoms with Gasteiger partial charge in [-0.1, -0.05) is 5.16 Å². The van der Waals surface area contributed by atoms with Gasteiger partial charge in [0.1, 0.15) is 11.7 Å². The molecule has 29 heavy (non-hydrogen) atoms. The molecule has 2 rings (SSSR count). The van der Waals surface area contributed by atoms with E-state index in [0.717, 1.165) is 16.4 Å². The third-order valence-electron chi connectivity index (χ3n) is 3.81. The SMILES string of the molecule is C[C@H]1[C@H](NC(=O)/C(=N\OC(C)(C)C(=O)O)c2csc(N)n2)C(=O)N1OCC(=O)O. The Balaban J connectivity index is 2.15. The topological polar surface area (TPSA) is 194 Å². The lowest BCUT2D eigenvalue weighted by atomic mass is 10.00. The van der Waals surface area contributed by atoms with Gasteiger partial charge < -0.3 is 26.1 Å². The Hall–Kier alpha value is -3.26. The Labute approximate surface area is 168 Å². The molecule has 5 N–H and O–H groups in total. The van der Waals surface area contributed by atoms with Crippen LogP contribution in [0.2, 0.25) is 0 Å². The number of hydroxylamine groups is 2. The number of hydrogen-bond acceptors (Lipinski definition) is 10. The number of β-lactam (4-membered cyclic amide) rings is 1. The molecule has 1 fully saturated rings. The van der Waals surface area contributed by atoms with E-state index in [-0.39, 0.29) is 16.5 Å². The van der Waals surface area contributed by atoms with E-state index in [1.807, 2.05) is 0 Å². The number of aromatic nitrogens is 1. The molecule has 0 unspecified atom stereocenters. The summed E-state index contributed by atoms with van der Waals surface area (Å²) < 4.78 is 0. The van der Waals surface area contributed by atoms with Crippen molar-refractivity contribution < 1.29 is 39.1 Å². The molecule has 0 radical (unpaired) electrons. The quantitative estimate of drug-likeness (QED) is 0.216. The summed E-state index contributed by atoms with van der Waals surface area (Å²) in [6.07, 6.45) is 0. The number of nitrogens with one attached hydrogen (secondary N) is 1. The molecule has 1 saturated heterocycles. The second-order valence-corrected chi connectivity index (χ2v) is 7.33. The van der Waals surface area contributed by atoms with Gasteiger partial charge in [0.15, 0.2) is 17.5 Å². The summed E-state index contributed by atoms with van der Waals surface area (Å²) in [6, 6.07) is -1.66. The number of anilines is 1. The van der Waals surface area contributed by atoms with Crippen molar-refractivity contribution >= 4 is 45.9 Å². The van der Waals surface area contributed by atoms with Crippen LogP contribution < -0.4 is 11.1 Å². The van der Waals surface area contributed by atoms with Crippen LogP contribution in [-0.4, -0.2) is 74.0 Å². The standard InChI is InChI=1S/C15H19N5O8S/c1-6-9(12(24)20(6)27-4-8(21)22)18-11(23)10(7-5-29-14(16)17-7)19-28-15(2,3)13(25)26/h5-6,9H,4H2,1-3H3,(H2,16,17)(H,18,23)(H,21,22)(H,25,26)/b19-10-/t6-,9-/m0/s1. The molecule has 1 aliphatic rings. The van der Waals surface area contributed by atoms with Crippen molar-refractivity contribution in [1.82, 2.24) is 15.4 Å². The highest BCUT2D eigenvalue weighted by Crippen LogP contribution is 2.21. The fourth-order valence-corrected chi connectivity index (χ4v) is 2.64. The molecule has 1 aliphatic heterocycles. The summed E-state index contributed by atoms with van der Waals surface area (Å²) in [6.45, 7) is 3.30. The molecule has 13 nitrogen and oxygen atoms in total. The maximum absolute atomic E-state index is 12.7. The number of carboxylic acid groups (broad SMARTS) is 2. The third-order valence-corrected chi connectivity index (χ3v) is 4.48. The number of carboxylic acids is 2. The Kier molecular flexibility index (Phi) is 6.38. The van der Waals surface area contributed by atoms with Gasteiger partial charge in [0.2, 0.25) is 5.60 Å². The van der Waals surface area contributed by atoms with E-state index in [4.69, 9.17) is 25.6 Å². The van der Waals surface area contributed by atoms with Crippen LogP contribution in [0.5, 0.6) is 0 Å². The van der Waals surface area contributed by atoms with Crippen LogP contribution in [0.4, 0.5) is 5.13 Å². The summed E-state index contributed by atoms with van der Waals surface area (Å²) in [5.74, 6) is -4.09. The molecule has 158 valence electrons. The Morgan fingerprint density at radius 3 is 2.55 bits per heavy atom. The van der Waals surface area contributed by atoms with Gasteiger partial charge in [-0.3, -0.25) is 14.4 Å². The van der Waals surface area contributed by atoms with Gasteiger partial charge in [-0.05, 0) is 20.8 Å². The van der Waals surface area contributed by atoms with Gasteiger partial charge in [0, 0.05) is 5.38 Å². The number of nitrogens with two attached hydrogens (primary N) is 1. The maximum atomic E-state index is 12.7. The lowest BCUT2D eigenvalue weighted by molar-refractivity contribution is -0.233. The number of thiazole rings is 1. The molecule has 1 aromatic heterocycles. The minimum Gasteiger partial charge on any atom is -0.479 e. The van der Waals surface area contributed by atoms with Crippen LogP contribution in [0.15, 0.2) is 10.5 Å². The molecule has 0 bridgehead atoms. The monoisotopic (exact) mass is 429 g/mol. The lowest BCUT2D eigenvalue weighted by Gasteiger charge is -2.43. The van der Waals surface area contributed by atoms with Gasteiger partial charge in [-0.25, -0.2) is 19.6 Å². The molecular weight excluding hydrogens is 410 g/mol. The van der Waals surface area contributed by atoms with E-state index in [1.54, 1.807) is 0 Å². The van der Waals surface area contributed by atoms with E-state index < -0.39 is 48.0 Å². The molecule has 0 aliphatic carbocycles. The fourth-order valence-electron chi connectivity index (χ4n) is 2.09. The zero-order valence-corrected chi connectivity index (χ0v) is 16.4. The summed E-state index contributed by atoms with van der Waals surface area (Å²) >= 11 is 1.02. The highest BCUT2D eigenvalue weighted by Gasteiger charge is 2.47. The lowest BCUT2D eigenvalue weighted by Crippen LogP contribution is -2.70. The van der Waals surface area contributed by atoms with E-state index in [1.165, 1.54) is 26.2 Å². The van der Waals surface area contributed by atoms with E-state index >= 15 is 0 Å². The number of carbonyl (C=O) groups is 4. The zero-order valence-electron chi connectivity index (χ0n) is 15.6. The molecule has 2 amide bonds. The number of rotatable bonds is 9. The molecular formula is C15H19N5O8S. The fraction of sp³-hybridized carbons (Fsp3) is 0.467. The number of aliphatic carboxylic acids is 2. The molecule has 0 saturated carbocycles. The number of nitrogen functional groups attached to an aromatic ring is 1. The van der Waals surface area contributed by atoms with Crippen molar-refractivity contribution in [2.24, 2.45) is 5.16 Å². The van der Waals surface area contributed by atoms with Crippen molar-refractivity contribution in [2.75, 3.05) is 12.3 Å². The number of hydrogen-bond donors (Lipinski definition) is 4. The predicted octanol–water partition coefficient (Wildman–Crippen LogP) is -0.959. The Bertz CT molecular complexity index is 867. The average molecular weight is 429 g/mol. The minimum atomic E-state index is -1.73. The van der Waals surface area contributed by atoms with Gasteiger partial charge in [-0.2, -0.15) is 0 Å². The van der Waals surface area contributed by atoms with Crippen LogP contribution in [0.25, 0.3) is 0 Å². The molecule has 0 aromatic carbocycles. The van der Waals surface area contributed by atoms with Crippen molar-refractivity contribution in [3.63, 3.8) is 0 Å². The van der Waals surface area contributed by atoms with Crippen molar-refractivity contribution in [2.45, 2.75) is 38.5 Å². The van der Waals surface area contributed by atoms with Crippen LogP contribution in [0.1, 0.15) is 26.5 Å². The van der Waals surface area contributed by atoms with E-state index in [0.29, 0.717) is 0 Å². The Morgan fingerprint density at radius 1 is 1.41 bits per heavy atom. The number of amides is 2. The summed E-state index contributed by atoms with van der Waals surface area (Å²) in [5.41, 5.74) is 3.49. The normalized spacial score (nSPS) is 19.5. The first-order chi connectivity index (χ1) is 13.4. The maximum Gasteiger partial charge on any atom is 0.350 e. The van der Waals surface area contributed by atoms with Crippen LogP contribution in [0, 0.1) is 0 Å². The average Bonchev–Trinajstić information content (AvgIpc) is 3.05. The van der Waals surface area contributed by atoms with Crippen LogP contribution in [0.3, 0.4) is 0 Å². The van der Waals surface area contributed by atoms with Crippen molar-refractivity contribution in [3.8, 4) is 0 Å². The second-order valence-electron chi connectivity index (χ2n) is 6.44.